The van der Waals surface area contributed by atoms with E-state index >= 15 is 0 Å². The monoisotopic (exact) mass is 286 g/mol. The van der Waals surface area contributed by atoms with Crippen LogP contribution < -0.4 is 4.72 Å². The van der Waals surface area contributed by atoms with Crippen molar-refractivity contribution in [3.05, 3.63) is 23.2 Å². The molecule has 0 bridgehead atoms. The smallest absolute Gasteiger partial charge is 0.357 e. The lowest BCUT2D eigenvalue weighted by atomic mass is 10.4. The molecule has 2 heterocycles. The van der Waals surface area contributed by atoms with Gasteiger partial charge in [-0.05, 0) is 13.8 Å². The summed E-state index contributed by atoms with van der Waals surface area (Å²) in [7, 11) is -4.11. The molecule has 0 amide bonds. The predicted molar refractivity (Wildman–Crippen MR) is 62.3 cm³/mol. The van der Waals surface area contributed by atoms with Gasteiger partial charge in [-0.15, -0.1) is 0 Å². The lowest BCUT2D eigenvalue weighted by Gasteiger charge is -2.04. The molecular weight excluding hydrogens is 276 g/mol. The van der Waals surface area contributed by atoms with Crippen molar-refractivity contribution in [2.45, 2.75) is 18.7 Å². The Hall–Kier alpha value is -2.36. The Morgan fingerprint density at radius 1 is 1.47 bits per heavy atom. The van der Waals surface area contributed by atoms with Gasteiger partial charge in [0.15, 0.2) is 11.5 Å². The summed E-state index contributed by atoms with van der Waals surface area (Å²) in [4.78, 5) is 10.5. The van der Waals surface area contributed by atoms with Gasteiger partial charge in [-0.2, -0.15) is 5.10 Å². The maximum atomic E-state index is 12.1. The molecule has 0 fully saturated rings. The fourth-order valence-electron chi connectivity index (χ4n) is 1.50. The van der Waals surface area contributed by atoms with E-state index in [0.29, 0.717) is 5.76 Å². The Balaban J connectivity index is 2.45. The topological polar surface area (TPSA) is 138 Å². The Labute approximate surface area is 107 Å². The summed E-state index contributed by atoms with van der Waals surface area (Å²) in [5.41, 5.74) is -0.463. The van der Waals surface area contributed by atoms with Crippen LogP contribution >= 0.6 is 0 Å². The molecule has 19 heavy (non-hydrogen) atoms. The third-order valence-electron chi connectivity index (χ3n) is 2.23. The number of hydrogen-bond acceptors (Lipinski definition) is 6. The minimum atomic E-state index is -4.11. The zero-order valence-corrected chi connectivity index (χ0v) is 10.8. The molecule has 0 atom stereocenters. The third-order valence-corrected chi connectivity index (χ3v) is 3.74. The van der Waals surface area contributed by atoms with Crippen LogP contribution in [0, 0.1) is 13.8 Å². The average Bonchev–Trinajstić information content (AvgIpc) is 2.84. The van der Waals surface area contributed by atoms with E-state index in [9.17, 15) is 13.2 Å². The first kappa shape index (κ1) is 13.1. The average molecular weight is 286 g/mol. The van der Waals surface area contributed by atoms with E-state index in [1.807, 2.05) is 0 Å². The lowest BCUT2D eigenvalue weighted by molar-refractivity contribution is 0.0686. The molecule has 0 unspecified atom stereocenters. The summed E-state index contributed by atoms with van der Waals surface area (Å²) < 4.78 is 31.0. The van der Waals surface area contributed by atoms with Crippen molar-refractivity contribution in [2.24, 2.45) is 0 Å². The SMILES string of the molecule is Cc1cc(NS(=O)(=O)c2c(C(=O)O)n[nH]c2C)no1. The number of H-pyrrole nitrogens is 1. The molecule has 0 aliphatic heterocycles. The Morgan fingerprint density at radius 3 is 2.68 bits per heavy atom. The maximum Gasteiger partial charge on any atom is 0.357 e. The molecule has 10 heteroatoms. The zero-order chi connectivity index (χ0) is 14.2. The van der Waals surface area contributed by atoms with E-state index < -0.39 is 26.6 Å². The number of hydrogen-bond donors (Lipinski definition) is 3. The highest BCUT2D eigenvalue weighted by Crippen LogP contribution is 2.21. The summed E-state index contributed by atoms with van der Waals surface area (Å²) in [6.45, 7) is 3.00. The standard InChI is InChI=1S/C9H10N4O5S/c1-4-3-6(12-18-4)13-19(16,17)8-5(2)10-11-7(8)9(14)15/h3H,1-2H3,(H,10,11)(H,12,13)(H,14,15). The van der Waals surface area contributed by atoms with Crippen LogP contribution in [0.5, 0.6) is 0 Å². The maximum absolute atomic E-state index is 12.1. The highest BCUT2D eigenvalue weighted by molar-refractivity contribution is 7.92. The molecule has 0 saturated carbocycles. The Kier molecular flexibility index (Phi) is 3.02. The van der Waals surface area contributed by atoms with E-state index in [4.69, 9.17) is 9.63 Å². The van der Waals surface area contributed by atoms with Crippen LogP contribution in [0.15, 0.2) is 15.5 Å². The predicted octanol–water partition coefficient (Wildman–Crippen LogP) is 0.514. The summed E-state index contributed by atoms with van der Waals surface area (Å²) in [6, 6.07) is 1.37. The quantitative estimate of drug-likeness (QED) is 0.744. The minimum Gasteiger partial charge on any atom is -0.476 e. The summed E-state index contributed by atoms with van der Waals surface area (Å²) in [5, 5.41) is 18.1. The normalized spacial score (nSPS) is 11.5. The number of rotatable bonds is 4. The molecule has 0 spiro atoms. The molecule has 0 aliphatic rings. The number of aryl methyl sites for hydroxylation is 2. The Morgan fingerprint density at radius 2 is 2.16 bits per heavy atom. The van der Waals surface area contributed by atoms with E-state index in [-0.39, 0.29) is 11.5 Å². The van der Waals surface area contributed by atoms with Crippen molar-refractivity contribution >= 4 is 21.8 Å². The molecule has 2 aromatic heterocycles. The van der Waals surface area contributed by atoms with Gasteiger partial charge in [-0.25, -0.2) is 13.2 Å². The molecule has 0 aliphatic carbocycles. The Bertz CT molecular complexity index is 730. The number of aromatic nitrogens is 3. The van der Waals surface area contributed by atoms with Gasteiger partial charge in [0.25, 0.3) is 10.0 Å². The van der Waals surface area contributed by atoms with Crippen LogP contribution in [0.4, 0.5) is 5.82 Å². The second-order valence-corrected chi connectivity index (χ2v) is 5.38. The molecule has 102 valence electrons. The van der Waals surface area contributed by atoms with Crippen molar-refractivity contribution in [1.82, 2.24) is 15.4 Å². The van der Waals surface area contributed by atoms with Gasteiger partial charge >= 0.3 is 5.97 Å². The second kappa shape index (κ2) is 4.39. The van der Waals surface area contributed by atoms with Gasteiger partial charge in [-0.1, -0.05) is 5.16 Å². The van der Waals surface area contributed by atoms with Crippen molar-refractivity contribution in [3.63, 3.8) is 0 Å². The van der Waals surface area contributed by atoms with Gasteiger partial charge < -0.3 is 9.63 Å². The van der Waals surface area contributed by atoms with E-state index in [1.165, 1.54) is 13.0 Å². The van der Waals surface area contributed by atoms with Gasteiger partial charge in [0.2, 0.25) is 0 Å². The number of carbonyl (C=O) groups is 1. The summed E-state index contributed by atoms with van der Waals surface area (Å²) in [5.74, 6) is -1.06. The molecule has 2 aromatic rings. The fraction of sp³-hybridized carbons (Fsp3) is 0.222. The molecule has 9 nitrogen and oxygen atoms in total. The number of sulfonamides is 1. The molecule has 3 N–H and O–H groups in total. The van der Waals surface area contributed by atoms with Crippen molar-refractivity contribution in [3.8, 4) is 0 Å². The number of carboxylic acid groups (broad SMARTS) is 1. The van der Waals surface area contributed by atoms with Gasteiger partial charge in [0.1, 0.15) is 10.7 Å². The molecule has 0 saturated heterocycles. The summed E-state index contributed by atoms with van der Waals surface area (Å²) in [6.07, 6.45) is 0. The van der Waals surface area contributed by atoms with Crippen molar-refractivity contribution in [1.29, 1.82) is 0 Å². The minimum absolute atomic E-state index is 0.0329. The zero-order valence-electron chi connectivity index (χ0n) is 9.96. The lowest BCUT2D eigenvalue weighted by Crippen LogP contribution is -2.17. The van der Waals surface area contributed by atoms with Crippen molar-refractivity contribution < 1.29 is 22.8 Å². The number of nitrogens with one attached hydrogen (secondary N) is 2. The highest BCUT2D eigenvalue weighted by atomic mass is 32.2. The largest absolute Gasteiger partial charge is 0.476 e. The van der Waals surface area contributed by atoms with Crippen LogP contribution in [0.1, 0.15) is 21.9 Å². The van der Waals surface area contributed by atoms with E-state index in [1.54, 1.807) is 6.92 Å². The van der Waals surface area contributed by atoms with Gasteiger partial charge in [0, 0.05) is 6.07 Å². The summed E-state index contributed by atoms with van der Waals surface area (Å²) >= 11 is 0. The van der Waals surface area contributed by atoms with E-state index in [2.05, 4.69) is 20.1 Å². The first-order valence-electron chi connectivity index (χ1n) is 5.05. The fourth-order valence-corrected chi connectivity index (χ4v) is 2.81. The highest BCUT2D eigenvalue weighted by Gasteiger charge is 2.28. The number of aromatic carboxylic acids is 1. The second-order valence-electron chi connectivity index (χ2n) is 3.76. The number of anilines is 1. The van der Waals surface area contributed by atoms with Crippen LogP contribution in [0.25, 0.3) is 0 Å². The number of carboxylic acids is 1. The molecule has 0 radical (unpaired) electrons. The van der Waals surface area contributed by atoms with E-state index in [0.717, 1.165) is 0 Å². The number of aromatic amines is 1. The molecule has 2 rings (SSSR count). The van der Waals surface area contributed by atoms with Gasteiger partial charge in [0.05, 0.1) is 5.69 Å². The first-order chi connectivity index (χ1) is 8.81. The van der Waals surface area contributed by atoms with Gasteiger partial charge in [-0.3, -0.25) is 9.82 Å². The van der Waals surface area contributed by atoms with Crippen molar-refractivity contribution in [2.75, 3.05) is 4.72 Å². The van der Waals surface area contributed by atoms with Crippen LogP contribution in [0.2, 0.25) is 0 Å². The first-order valence-corrected chi connectivity index (χ1v) is 6.54. The van der Waals surface area contributed by atoms with Crippen LogP contribution in [0.3, 0.4) is 0 Å². The molecule has 0 aromatic carbocycles. The molecular formula is C9H10N4O5S. The number of nitrogens with zero attached hydrogens (tertiary/aromatic N) is 2. The van der Waals surface area contributed by atoms with Crippen LogP contribution in [-0.4, -0.2) is 34.8 Å². The third kappa shape index (κ3) is 2.42. The van der Waals surface area contributed by atoms with Crippen LogP contribution in [-0.2, 0) is 10.0 Å².